The fourth-order valence-electron chi connectivity index (χ4n) is 1.91. The van der Waals surface area contributed by atoms with Gasteiger partial charge >= 0.3 is 0 Å². The summed E-state index contributed by atoms with van der Waals surface area (Å²) < 4.78 is 5.69. The third kappa shape index (κ3) is 6.17. The summed E-state index contributed by atoms with van der Waals surface area (Å²) in [5, 5.41) is 5.79. The van der Waals surface area contributed by atoms with E-state index in [9.17, 15) is 4.79 Å². The molecule has 21 heavy (non-hydrogen) atoms. The first-order valence-electron chi connectivity index (χ1n) is 7.50. The topological polar surface area (TPSA) is 50.4 Å². The van der Waals surface area contributed by atoms with Crippen molar-refractivity contribution in [1.82, 2.24) is 10.6 Å². The minimum atomic E-state index is -0.111. The van der Waals surface area contributed by atoms with Crippen molar-refractivity contribution >= 4 is 5.91 Å². The van der Waals surface area contributed by atoms with Crippen molar-refractivity contribution in [2.45, 2.75) is 33.1 Å². The van der Waals surface area contributed by atoms with Crippen molar-refractivity contribution in [1.29, 1.82) is 0 Å². The van der Waals surface area contributed by atoms with Crippen LogP contribution < -0.4 is 15.4 Å². The molecule has 0 radical (unpaired) electrons. The van der Waals surface area contributed by atoms with E-state index < -0.39 is 0 Å². The lowest BCUT2D eigenvalue weighted by atomic mass is 9.84. The van der Waals surface area contributed by atoms with Crippen LogP contribution >= 0.6 is 0 Å². The number of amides is 1. The van der Waals surface area contributed by atoms with Gasteiger partial charge in [0.25, 0.3) is 0 Å². The molecule has 4 heteroatoms. The zero-order valence-electron chi connectivity index (χ0n) is 13.8. The zero-order valence-corrected chi connectivity index (χ0v) is 13.8. The summed E-state index contributed by atoms with van der Waals surface area (Å²) in [4.78, 5) is 11.5. The SMILES string of the molecule is CNCC(=O)NCC(C)(C)c1ccc(OCC(C)C)cc1. The second kappa shape index (κ2) is 8.03. The summed E-state index contributed by atoms with van der Waals surface area (Å²) >= 11 is 0. The zero-order chi connectivity index (χ0) is 15.9. The summed E-state index contributed by atoms with van der Waals surface area (Å²) in [6.07, 6.45) is 0. The molecule has 0 unspecified atom stereocenters. The molecule has 0 aromatic heterocycles. The van der Waals surface area contributed by atoms with Crippen molar-refractivity contribution in [2.24, 2.45) is 5.92 Å². The molecule has 0 saturated carbocycles. The minimum absolute atomic E-state index is 0.0162. The number of carbonyl (C=O) groups is 1. The smallest absolute Gasteiger partial charge is 0.233 e. The van der Waals surface area contributed by atoms with Gasteiger partial charge in [0.1, 0.15) is 5.75 Å². The van der Waals surface area contributed by atoms with Crippen LogP contribution in [0.15, 0.2) is 24.3 Å². The molecule has 1 aromatic rings. The standard InChI is InChI=1S/C17H28N2O2/c1-13(2)11-21-15-8-6-14(7-9-15)17(3,4)12-19-16(20)10-18-5/h6-9,13,18H,10-12H2,1-5H3,(H,19,20). The molecule has 0 aliphatic rings. The van der Waals surface area contributed by atoms with Crippen LogP contribution in [0.25, 0.3) is 0 Å². The normalized spacial score (nSPS) is 11.5. The van der Waals surface area contributed by atoms with E-state index in [0.717, 1.165) is 12.4 Å². The molecule has 1 aromatic carbocycles. The summed E-state index contributed by atoms with van der Waals surface area (Å²) in [5.41, 5.74) is 1.07. The summed E-state index contributed by atoms with van der Waals surface area (Å²) in [6, 6.07) is 8.13. The Morgan fingerprint density at radius 1 is 1.24 bits per heavy atom. The lowest BCUT2D eigenvalue weighted by molar-refractivity contribution is -0.120. The number of hydrogen-bond donors (Lipinski definition) is 2. The van der Waals surface area contributed by atoms with Gasteiger partial charge in [-0.25, -0.2) is 0 Å². The number of likely N-dealkylation sites (N-methyl/N-ethyl adjacent to an activating group) is 1. The molecule has 0 fully saturated rings. The Morgan fingerprint density at radius 2 is 1.86 bits per heavy atom. The number of nitrogens with one attached hydrogen (secondary N) is 2. The molecular formula is C17H28N2O2. The van der Waals surface area contributed by atoms with Crippen LogP contribution in [0.5, 0.6) is 5.75 Å². The van der Waals surface area contributed by atoms with Crippen LogP contribution in [-0.4, -0.2) is 32.7 Å². The van der Waals surface area contributed by atoms with Gasteiger partial charge in [0.05, 0.1) is 13.2 Å². The fraction of sp³-hybridized carbons (Fsp3) is 0.588. The molecule has 0 heterocycles. The molecule has 0 aliphatic heterocycles. The van der Waals surface area contributed by atoms with Crippen molar-refractivity contribution < 1.29 is 9.53 Å². The first-order chi connectivity index (χ1) is 9.85. The van der Waals surface area contributed by atoms with Gasteiger partial charge in [-0.1, -0.05) is 39.8 Å². The minimum Gasteiger partial charge on any atom is -0.493 e. The van der Waals surface area contributed by atoms with E-state index >= 15 is 0 Å². The fourth-order valence-corrected chi connectivity index (χ4v) is 1.91. The summed E-state index contributed by atoms with van der Waals surface area (Å²) in [6.45, 7) is 10.2. The molecule has 0 saturated heterocycles. The highest BCUT2D eigenvalue weighted by atomic mass is 16.5. The summed E-state index contributed by atoms with van der Waals surface area (Å²) in [7, 11) is 1.76. The van der Waals surface area contributed by atoms with Crippen LogP contribution in [0, 0.1) is 5.92 Å². The Balaban J connectivity index is 2.60. The molecule has 0 atom stereocenters. The molecule has 2 N–H and O–H groups in total. The second-order valence-electron chi connectivity index (χ2n) is 6.42. The van der Waals surface area contributed by atoms with Crippen molar-refractivity contribution in [3.8, 4) is 5.75 Å². The van der Waals surface area contributed by atoms with Crippen LogP contribution in [0.3, 0.4) is 0 Å². The average molecular weight is 292 g/mol. The largest absolute Gasteiger partial charge is 0.493 e. The lowest BCUT2D eigenvalue weighted by Gasteiger charge is -2.26. The van der Waals surface area contributed by atoms with Gasteiger partial charge in [-0.2, -0.15) is 0 Å². The Hall–Kier alpha value is -1.55. The third-order valence-corrected chi connectivity index (χ3v) is 3.28. The van der Waals surface area contributed by atoms with E-state index in [1.54, 1.807) is 7.05 Å². The first-order valence-corrected chi connectivity index (χ1v) is 7.50. The average Bonchev–Trinajstić information content (AvgIpc) is 2.44. The van der Waals surface area contributed by atoms with Crippen molar-refractivity contribution in [3.63, 3.8) is 0 Å². The number of hydrogen-bond acceptors (Lipinski definition) is 3. The molecule has 118 valence electrons. The predicted octanol–water partition coefficient (Wildman–Crippen LogP) is 2.33. The number of benzene rings is 1. The van der Waals surface area contributed by atoms with E-state index in [1.165, 1.54) is 5.56 Å². The van der Waals surface area contributed by atoms with Gasteiger partial charge in [0, 0.05) is 12.0 Å². The molecule has 0 spiro atoms. The quantitative estimate of drug-likeness (QED) is 0.773. The lowest BCUT2D eigenvalue weighted by Crippen LogP contribution is -2.40. The number of carbonyl (C=O) groups excluding carboxylic acids is 1. The molecule has 1 amide bonds. The monoisotopic (exact) mass is 292 g/mol. The van der Waals surface area contributed by atoms with E-state index in [4.69, 9.17) is 4.74 Å². The summed E-state index contributed by atoms with van der Waals surface area (Å²) in [5.74, 6) is 1.42. The van der Waals surface area contributed by atoms with E-state index in [1.807, 2.05) is 12.1 Å². The highest BCUT2D eigenvalue weighted by molar-refractivity contribution is 5.78. The highest BCUT2D eigenvalue weighted by Crippen LogP contribution is 2.24. The van der Waals surface area contributed by atoms with Gasteiger partial charge in [-0.3, -0.25) is 4.79 Å². The van der Waals surface area contributed by atoms with E-state index in [-0.39, 0.29) is 11.3 Å². The first kappa shape index (κ1) is 17.5. The van der Waals surface area contributed by atoms with Gasteiger partial charge < -0.3 is 15.4 Å². The predicted molar refractivity (Wildman–Crippen MR) is 86.7 cm³/mol. The van der Waals surface area contributed by atoms with Gasteiger partial charge in [0.2, 0.25) is 5.91 Å². The van der Waals surface area contributed by atoms with Gasteiger partial charge in [-0.15, -0.1) is 0 Å². The molecule has 1 rings (SSSR count). The Morgan fingerprint density at radius 3 is 2.38 bits per heavy atom. The van der Waals surface area contributed by atoms with E-state index in [2.05, 4.69) is 50.5 Å². The Bertz CT molecular complexity index is 439. The molecule has 0 bridgehead atoms. The van der Waals surface area contributed by atoms with E-state index in [0.29, 0.717) is 19.0 Å². The molecule has 4 nitrogen and oxygen atoms in total. The van der Waals surface area contributed by atoms with Gasteiger partial charge in [-0.05, 0) is 30.7 Å². The number of rotatable bonds is 8. The Kier molecular flexibility index (Phi) is 6.69. The van der Waals surface area contributed by atoms with Crippen LogP contribution in [0.4, 0.5) is 0 Å². The van der Waals surface area contributed by atoms with Crippen LogP contribution in [0.1, 0.15) is 33.3 Å². The maximum Gasteiger partial charge on any atom is 0.233 e. The third-order valence-electron chi connectivity index (χ3n) is 3.28. The maximum absolute atomic E-state index is 11.5. The van der Waals surface area contributed by atoms with Crippen LogP contribution in [0.2, 0.25) is 0 Å². The molecule has 0 aliphatic carbocycles. The van der Waals surface area contributed by atoms with Gasteiger partial charge in [0.15, 0.2) is 0 Å². The highest BCUT2D eigenvalue weighted by Gasteiger charge is 2.21. The molecular weight excluding hydrogens is 264 g/mol. The van der Waals surface area contributed by atoms with Crippen molar-refractivity contribution in [3.05, 3.63) is 29.8 Å². The van der Waals surface area contributed by atoms with Crippen LogP contribution in [-0.2, 0) is 10.2 Å². The van der Waals surface area contributed by atoms with Crippen molar-refractivity contribution in [2.75, 3.05) is 26.7 Å². The number of ether oxygens (including phenoxy) is 1. The second-order valence-corrected chi connectivity index (χ2v) is 6.42. The maximum atomic E-state index is 11.5. The Labute approximate surface area is 128 Å².